The van der Waals surface area contributed by atoms with Crippen molar-refractivity contribution >= 4 is 21.8 Å². The number of carbonyl (C=O) groups is 1. The van der Waals surface area contributed by atoms with Gasteiger partial charge in [0, 0.05) is 6.04 Å². The summed E-state index contributed by atoms with van der Waals surface area (Å²) in [6.07, 6.45) is 0. The van der Waals surface area contributed by atoms with E-state index in [2.05, 4.69) is 35.1 Å². The zero-order valence-electron chi connectivity index (χ0n) is 11.4. The molecule has 0 saturated heterocycles. The van der Waals surface area contributed by atoms with Gasteiger partial charge in [0.15, 0.2) is 6.61 Å². The van der Waals surface area contributed by atoms with E-state index in [-0.39, 0.29) is 25.2 Å². The Hall–Kier alpha value is -1.07. The Labute approximate surface area is 122 Å². The minimum atomic E-state index is -0.140. The summed E-state index contributed by atoms with van der Waals surface area (Å²) >= 11 is 3.34. The Balaban J connectivity index is 2.50. The predicted molar refractivity (Wildman–Crippen MR) is 78.0 cm³/mol. The third-order valence-electron chi connectivity index (χ3n) is 2.93. The summed E-state index contributed by atoms with van der Waals surface area (Å²) in [7, 11) is 0. The first-order valence-corrected chi connectivity index (χ1v) is 7.04. The summed E-state index contributed by atoms with van der Waals surface area (Å²) in [6, 6.07) is 5.38. The van der Waals surface area contributed by atoms with Crippen molar-refractivity contribution in [2.75, 3.05) is 6.61 Å². The average Bonchev–Trinajstić information content (AvgIpc) is 2.36. The van der Waals surface area contributed by atoms with Crippen LogP contribution in [-0.2, 0) is 11.4 Å². The smallest absolute Gasteiger partial charge is 0.258 e. The van der Waals surface area contributed by atoms with E-state index in [9.17, 15) is 4.79 Å². The average molecular weight is 330 g/mol. The largest absolute Gasteiger partial charge is 0.483 e. The molecule has 19 heavy (non-hydrogen) atoms. The van der Waals surface area contributed by atoms with E-state index in [0.717, 1.165) is 10.0 Å². The monoisotopic (exact) mass is 329 g/mol. The Morgan fingerprint density at radius 2 is 2.11 bits per heavy atom. The molecule has 0 radical (unpaired) electrons. The van der Waals surface area contributed by atoms with Crippen molar-refractivity contribution in [3.63, 3.8) is 0 Å². The van der Waals surface area contributed by atoms with Crippen molar-refractivity contribution < 1.29 is 14.6 Å². The SMILES string of the molecule is CC(C)C(C)NC(=O)COc1ccc(CO)cc1Br. The van der Waals surface area contributed by atoms with Gasteiger partial charge in [-0.15, -0.1) is 0 Å². The molecule has 0 heterocycles. The Bertz CT molecular complexity index is 435. The van der Waals surface area contributed by atoms with Crippen LogP contribution in [0.25, 0.3) is 0 Å². The molecule has 1 aromatic carbocycles. The number of amides is 1. The molecule has 1 aromatic rings. The first-order valence-electron chi connectivity index (χ1n) is 6.25. The van der Waals surface area contributed by atoms with Crippen molar-refractivity contribution in [2.45, 2.75) is 33.4 Å². The highest BCUT2D eigenvalue weighted by molar-refractivity contribution is 9.10. The van der Waals surface area contributed by atoms with E-state index in [4.69, 9.17) is 9.84 Å². The van der Waals surface area contributed by atoms with Gasteiger partial charge in [0.25, 0.3) is 5.91 Å². The predicted octanol–water partition coefficient (Wildman–Crippen LogP) is 2.48. The van der Waals surface area contributed by atoms with Crippen LogP contribution >= 0.6 is 15.9 Å². The van der Waals surface area contributed by atoms with Crippen LogP contribution < -0.4 is 10.1 Å². The van der Waals surface area contributed by atoms with Crippen molar-refractivity contribution in [3.8, 4) is 5.75 Å². The second-order valence-corrected chi connectivity index (χ2v) is 5.67. The minimum absolute atomic E-state index is 0.0197. The van der Waals surface area contributed by atoms with E-state index < -0.39 is 0 Å². The van der Waals surface area contributed by atoms with Crippen molar-refractivity contribution in [3.05, 3.63) is 28.2 Å². The fourth-order valence-electron chi connectivity index (χ4n) is 1.37. The molecule has 106 valence electrons. The van der Waals surface area contributed by atoms with Gasteiger partial charge in [-0.2, -0.15) is 0 Å². The zero-order chi connectivity index (χ0) is 14.4. The van der Waals surface area contributed by atoms with Crippen molar-refractivity contribution in [2.24, 2.45) is 5.92 Å². The summed E-state index contributed by atoms with van der Waals surface area (Å²) in [4.78, 5) is 11.7. The lowest BCUT2D eigenvalue weighted by Crippen LogP contribution is -2.38. The molecule has 1 amide bonds. The molecule has 0 saturated carbocycles. The molecule has 0 fully saturated rings. The van der Waals surface area contributed by atoms with Crippen LogP contribution in [0.2, 0.25) is 0 Å². The summed E-state index contributed by atoms with van der Waals surface area (Å²) in [5.74, 6) is 0.836. The van der Waals surface area contributed by atoms with E-state index in [1.165, 1.54) is 0 Å². The Morgan fingerprint density at radius 3 is 2.63 bits per heavy atom. The van der Waals surface area contributed by atoms with Crippen LogP contribution in [0, 0.1) is 5.92 Å². The molecule has 1 unspecified atom stereocenters. The molecular weight excluding hydrogens is 310 g/mol. The van der Waals surface area contributed by atoms with Gasteiger partial charge in [0.2, 0.25) is 0 Å². The van der Waals surface area contributed by atoms with Gasteiger partial charge in [0.1, 0.15) is 5.75 Å². The Kier molecular flexibility index (Phi) is 6.31. The van der Waals surface area contributed by atoms with Gasteiger partial charge in [-0.1, -0.05) is 19.9 Å². The number of carbonyl (C=O) groups excluding carboxylic acids is 1. The number of halogens is 1. The topological polar surface area (TPSA) is 58.6 Å². The maximum Gasteiger partial charge on any atom is 0.258 e. The number of hydrogen-bond acceptors (Lipinski definition) is 3. The molecule has 1 atom stereocenters. The summed E-state index contributed by atoms with van der Waals surface area (Å²) < 4.78 is 6.16. The van der Waals surface area contributed by atoms with Crippen LogP contribution in [-0.4, -0.2) is 23.7 Å². The lowest BCUT2D eigenvalue weighted by atomic mass is 10.1. The number of rotatable bonds is 6. The van der Waals surface area contributed by atoms with E-state index >= 15 is 0 Å². The summed E-state index contributed by atoms with van der Waals surface area (Å²) in [5.41, 5.74) is 0.789. The first kappa shape index (κ1) is 16.0. The maximum atomic E-state index is 11.7. The number of aliphatic hydroxyl groups is 1. The fraction of sp³-hybridized carbons (Fsp3) is 0.500. The Morgan fingerprint density at radius 1 is 1.42 bits per heavy atom. The highest BCUT2D eigenvalue weighted by atomic mass is 79.9. The second kappa shape index (κ2) is 7.50. The van der Waals surface area contributed by atoms with Crippen LogP contribution in [0.4, 0.5) is 0 Å². The summed E-state index contributed by atoms with van der Waals surface area (Å²) in [6.45, 7) is 6.03. The second-order valence-electron chi connectivity index (χ2n) is 4.81. The van der Waals surface area contributed by atoms with Crippen LogP contribution in [0.1, 0.15) is 26.3 Å². The molecule has 2 N–H and O–H groups in total. The highest BCUT2D eigenvalue weighted by Crippen LogP contribution is 2.25. The zero-order valence-corrected chi connectivity index (χ0v) is 13.0. The van der Waals surface area contributed by atoms with Crippen LogP contribution in [0.3, 0.4) is 0 Å². The third kappa shape index (κ3) is 5.20. The number of benzene rings is 1. The number of hydrogen-bond donors (Lipinski definition) is 2. The normalized spacial score (nSPS) is 12.3. The van der Waals surface area contributed by atoms with Crippen molar-refractivity contribution in [1.82, 2.24) is 5.32 Å². The molecule has 0 spiro atoms. The molecule has 0 bridgehead atoms. The molecular formula is C14H20BrNO3. The third-order valence-corrected chi connectivity index (χ3v) is 3.55. The number of aliphatic hydroxyl groups excluding tert-OH is 1. The molecule has 0 aliphatic heterocycles. The van der Waals surface area contributed by atoms with Crippen LogP contribution in [0.15, 0.2) is 22.7 Å². The highest BCUT2D eigenvalue weighted by Gasteiger charge is 2.11. The van der Waals surface area contributed by atoms with Gasteiger partial charge < -0.3 is 15.2 Å². The molecule has 1 rings (SSSR count). The number of ether oxygens (including phenoxy) is 1. The minimum Gasteiger partial charge on any atom is -0.483 e. The first-order chi connectivity index (χ1) is 8.93. The molecule has 4 nitrogen and oxygen atoms in total. The van der Waals surface area contributed by atoms with Gasteiger partial charge >= 0.3 is 0 Å². The van der Waals surface area contributed by atoms with Gasteiger partial charge in [-0.3, -0.25) is 4.79 Å². The number of nitrogens with one attached hydrogen (secondary N) is 1. The quantitative estimate of drug-likeness (QED) is 0.842. The lowest BCUT2D eigenvalue weighted by Gasteiger charge is -2.17. The standard InChI is InChI=1S/C14H20BrNO3/c1-9(2)10(3)16-14(18)8-19-13-5-4-11(7-17)6-12(13)15/h4-6,9-10,17H,7-8H2,1-3H3,(H,16,18). The van der Waals surface area contributed by atoms with Gasteiger partial charge in [-0.25, -0.2) is 0 Å². The fourth-order valence-corrected chi connectivity index (χ4v) is 1.91. The van der Waals surface area contributed by atoms with Gasteiger partial charge in [0.05, 0.1) is 11.1 Å². The van der Waals surface area contributed by atoms with Crippen LogP contribution in [0.5, 0.6) is 5.75 Å². The lowest BCUT2D eigenvalue weighted by molar-refractivity contribution is -0.124. The molecule has 0 aromatic heterocycles. The molecule has 0 aliphatic carbocycles. The molecule has 0 aliphatic rings. The van der Waals surface area contributed by atoms with E-state index in [0.29, 0.717) is 11.7 Å². The van der Waals surface area contributed by atoms with E-state index in [1.54, 1.807) is 18.2 Å². The van der Waals surface area contributed by atoms with Gasteiger partial charge in [-0.05, 0) is 46.5 Å². The maximum absolute atomic E-state index is 11.7. The van der Waals surface area contributed by atoms with Crippen molar-refractivity contribution in [1.29, 1.82) is 0 Å². The summed E-state index contributed by atoms with van der Waals surface area (Å²) in [5, 5.41) is 11.9. The molecule has 5 heteroatoms. The van der Waals surface area contributed by atoms with E-state index in [1.807, 2.05) is 6.92 Å².